The second kappa shape index (κ2) is 11.0. The van der Waals surface area contributed by atoms with Crippen molar-refractivity contribution < 1.29 is 13.5 Å². The van der Waals surface area contributed by atoms with Crippen molar-refractivity contribution in [3.8, 4) is 22.3 Å². The van der Waals surface area contributed by atoms with Crippen molar-refractivity contribution in [2.45, 2.75) is 52.1 Å². The van der Waals surface area contributed by atoms with E-state index in [0.717, 1.165) is 17.5 Å². The van der Waals surface area contributed by atoms with Crippen LogP contribution in [0.3, 0.4) is 0 Å². The Kier molecular flexibility index (Phi) is 8.15. The van der Waals surface area contributed by atoms with Crippen LogP contribution in [0.1, 0.15) is 50.2 Å². The van der Waals surface area contributed by atoms with Crippen LogP contribution in [-0.2, 0) is 17.8 Å². The van der Waals surface area contributed by atoms with Crippen LogP contribution < -0.4 is 0 Å². The smallest absolute Gasteiger partial charge is 0.167 e. The molecule has 3 aromatic rings. The molecule has 0 aliphatic rings. The first kappa shape index (κ1) is 22.2. The van der Waals surface area contributed by atoms with Gasteiger partial charge in [-0.1, -0.05) is 93.3 Å². The Bertz CT molecular complexity index is 930. The summed E-state index contributed by atoms with van der Waals surface area (Å²) < 4.78 is 33.6. The average Bonchev–Trinajstić information content (AvgIpc) is 2.78. The molecule has 0 unspecified atom stereocenters. The minimum atomic E-state index is -0.844. The molecule has 0 saturated carbocycles. The highest BCUT2D eigenvalue weighted by Gasteiger charge is 2.14. The molecule has 3 aromatic carbocycles. The first-order chi connectivity index (χ1) is 14.6. The maximum atomic E-state index is 14.5. The summed E-state index contributed by atoms with van der Waals surface area (Å²) in [5, 5.41) is 0. The Labute approximate surface area is 178 Å². The monoisotopic (exact) mass is 408 g/mol. The van der Waals surface area contributed by atoms with Gasteiger partial charge in [0.15, 0.2) is 11.6 Å². The number of hydrogen-bond acceptors (Lipinski definition) is 1. The van der Waals surface area contributed by atoms with Crippen LogP contribution in [0.15, 0.2) is 60.7 Å². The molecule has 0 aliphatic carbocycles. The first-order valence-corrected chi connectivity index (χ1v) is 10.8. The zero-order chi connectivity index (χ0) is 21.3. The number of benzene rings is 3. The zero-order valence-corrected chi connectivity index (χ0v) is 17.9. The highest BCUT2D eigenvalue weighted by Crippen LogP contribution is 2.29. The van der Waals surface area contributed by atoms with E-state index >= 15 is 0 Å². The molecular weight excluding hydrogens is 378 g/mol. The average molecular weight is 409 g/mol. The Morgan fingerprint density at radius 3 is 1.90 bits per heavy atom. The molecule has 0 heterocycles. The molecular formula is C27H30F2O. The van der Waals surface area contributed by atoms with Crippen LogP contribution in [0.5, 0.6) is 0 Å². The molecule has 0 radical (unpaired) electrons. The summed E-state index contributed by atoms with van der Waals surface area (Å²) in [5.74, 6) is -1.68. The van der Waals surface area contributed by atoms with Crippen LogP contribution in [0.25, 0.3) is 22.3 Å². The van der Waals surface area contributed by atoms with E-state index in [2.05, 4.69) is 31.2 Å². The number of unbranched alkanes of at least 4 members (excludes halogenated alkanes) is 4. The van der Waals surface area contributed by atoms with E-state index in [1.54, 1.807) is 12.1 Å². The van der Waals surface area contributed by atoms with Gasteiger partial charge in [0.25, 0.3) is 0 Å². The molecule has 0 amide bonds. The molecule has 3 heteroatoms. The third-order valence-electron chi connectivity index (χ3n) is 5.51. The third kappa shape index (κ3) is 5.54. The van der Waals surface area contributed by atoms with E-state index in [9.17, 15) is 8.78 Å². The van der Waals surface area contributed by atoms with Gasteiger partial charge in [0.05, 0.1) is 6.61 Å². The summed E-state index contributed by atoms with van der Waals surface area (Å²) >= 11 is 0. The molecule has 3 rings (SSSR count). The van der Waals surface area contributed by atoms with Crippen LogP contribution in [0.4, 0.5) is 8.78 Å². The Hall–Kier alpha value is -2.52. The van der Waals surface area contributed by atoms with Crippen molar-refractivity contribution in [2.24, 2.45) is 0 Å². The maximum Gasteiger partial charge on any atom is 0.167 e. The highest BCUT2D eigenvalue weighted by atomic mass is 19.2. The lowest BCUT2D eigenvalue weighted by molar-refractivity contribution is 0.180. The van der Waals surface area contributed by atoms with E-state index in [0.29, 0.717) is 5.56 Å². The van der Waals surface area contributed by atoms with Gasteiger partial charge in [-0.05, 0) is 35.1 Å². The van der Waals surface area contributed by atoms with Gasteiger partial charge in [0.2, 0.25) is 0 Å². The van der Waals surface area contributed by atoms with Crippen LogP contribution >= 0.6 is 0 Å². The molecule has 0 saturated heterocycles. The van der Waals surface area contributed by atoms with Gasteiger partial charge in [-0.3, -0.25) is 0 Å². The number of halogens is 2. The fourth-order valence-corrected chi connectivity index (χ4v) is 3.72. The Morgan fingerprint density at radius 1 is 0.667 bits per heavy atom. The van der Waals surface area contributed by atoms with Crippen LogP contribution in [-0.4, -0.2) is 7.11 Å². The maximum absolute atomic E-state index is 14.5. The first-order valence-electron chi connectivity index (χ1n) is 10.8. The van der Waals surface area contributed by atoms with Gasteiger partial charge in [0, 0.05) is 18.2 Å². The molecule has 0 N–H and O–H groups in total. The van der Waals surface area contributed by atoms with Crippen molar-refractivity contribution in [3.63, 3.8) is 0 Å². The largest absolute Gasteiger partial charge is 0.380 e. The van der Waals surface area contributed by atoms with E-state index in [4.69, 9.17) is 4.74 Å². The zero-order valence-electron chi connectivity index (χ0n) is 17.9. The predicted octanol–water partition coefficient (Wildman–Crippen LogP) is 7.96. The van der Waals surface area contributed by atoms with Gasteiger partial charge >= 0.3 is 0 Å². The van der Waals surface area contributed by atoms with Crippen molar-refractivity contribution in [1.29, 1.82) is 0 Å². The van der Waals surface area contributed by atoms with Crippen molar-refractivity contribution >= 4 is 0 Å². The molecule has 0 bridgehead atoms. The number of ether oxygens (including phenoxy) is 1. The van der Waals surface area contributed by atoms with Gasteiger partial charge in [-0.2, -0.15) is 0 Å². The van der Waals surface area contributed by atoms with E-state index in [1.807, 2.05) is 24.3 Å². The van der Waals surface area contributed by atoms with Crippen molar-refractivity contribution in [2.75, 3.05) is 7.11 Å². The van der Waals surface area contributed by atoms with E-state index in [-0.39, 0.29) is 17.7 Å². The number of methoxy groups -OCH3 is 1. The Balaban J connectivity index is 1.68. The second-order valence-corrected chi connectivity index (χ2v) is 7.77. The molecule has 1 nitrogen and oxygen atoms in total. The number of hydrogen-bond donors (Lipinski definition) is 0. The standard InChI is InChI=1S/C27H30F2O/c1-3-4-5-6-7-8-20-9-11-21(12-10-20)22-13-15-23(16-14-22)25-18-17-24(19-30-2)26(28)27(25)29/h9-18H,3-8,19H2,1-2H3. The summed E-state index contributed by atoms with van der Waals surface area (Å²) in [7, 11) is 1.46. The molecule has 0 atom stereocenters. The summed E-state index contributed by atoms with van der Waals surface area (Å²) in [5.41, 5.74) is 4.69. The summed E-state index contributed by atoms with van der Waals surface area (Å²) in [6, 6.07) is 19.4. The molecule has 0 fully saturated rings. The second-order valence-electron chi connectivity index (χ2n) is 7.77. The van der Waals surface area contributed by atoms with Crippen molar-refractivity contribution in [1.82, 2.24) is 0 Å². The lowest BCUT2D eigenvalue weighted by Crippen LogP contribution is -1.98. The van der Waals surface area contributed by atoms with Gasteiger partial charge in [-0.15, -0.1) is 0 Å². The normalized spacial score (nSPS) is 11.1. The van der Waals surface area contributed by atoms with Crippen molar-refractivity contribution in [3.05, 3.63) is 83.4 Å². The topological polar surface area (TPSA) is 9.23 Å². The van der Waals surface area contributed by atoms with Gasteiger partial charge in [-0.25, -0.2) is 8.78 Å². The quantitative estimate of drug-likeness (QED) is 0.309. The molecule has 0 aromatic heterocycles. The fourth-order valence-electron chi connectivity index (χ4n) is 3.72. The summed E-state index contributed by atoms with van der Waals surface area (Å²) in [6.07, 6.45) is 7.56. The van der Waals surface area contributed by atoms with Crippen LogP contribution in [0.2, 0.25) is 0 Å². The lowest BCUT2D eigenvalue weighted by Gasteiger charge is -2.10. The Morgan fingerprint density at radius 2 is 1.27 bits per heavy atom. The summed E-state index contributed by atoms with van der Waals surface area (Å²) in [4.78, 5) is 0. The third-order valence-corrected chi connectivity index (χ3v) is 5.51. The van der Waals surface area contributed by atoms with Gasteiger partial charge < -0.3 is 4.74 Å². The molecule has 0 spiro atoms. The molecule has 0 aliphatic heterocycles. The number of aryl methyl sites for hydroxylation is 1. The summed E-state index contributed by atoms with van der Waals surface area (Å²) in [6.45, 7) is 2.29. The van der Waals surface area contributed by atoms with Crippen LogP contribution in [0, 0.1) is 11.6 Å². The van der Waals surface area contributed by atoms with E-state index in [1.165, 1.54) is 44.8 Å². The fraction of sp³-hybridized carbons (Fsp3) is 0.333. The predicted molar refractivity (Wildman–Crippen MR) is 120 cm³/mol. The minimum absolute atomic E-state index is 0.0523. The van der Waals surface area contributed by atoms with E-state index < -0.39 is 11.6 Å². The lowest BCUT2D eigenvalue weighted by atomic mass is 9.97. The SMILES string of the molecule is CCCCCCCc1ccc(-c2ccc(-c3ccc(COC)c(F)c3F)cc2)cc1. The highest BCUT2D eigenvalue weighted by molar-refractivity contribution is 5.71. The van der Waals surface area contributed by atoms with Gasteiger partial charge in [0.1, 0.15) is 0 Å². The number of rotatable bonds is 10. The minimum Gasteiger partial charge on any atom is -0.380 e. The molecule has 158 valence electrons. The molecule has 30 heavy (non-hydrogen) atoms.